The molecule has 0 aliphatic carbocycles. The second kappa shape index (κ2) is 4.79. The highest BCUT2D eigenvalue weighted by Gasteiger charge is 2.06. The molecule has 0 bridgehead atoms. The maximum atomic E-state index is 3.72. The van der Waals surface area contributed by atoms with Crippen LogP contribution in [0.25, 0.3) is 0 Å². The molecule has 1 unspecified atom stereocenters. The van der Waals surface area contributed by atoms with E-state index in [2.05, 4.69) is 38.5 Å². The van der Waals surface area contributed by atoms with Crippen LogP contribution in [-0.2, 0) is 0 Å². The SMILES string of the molecule is C=C[CH]([Mg][Br])N(C)C. The highest BCUT2D eigenvalue weighted by Crippen LogP contribution is 1.94. The molecule has 0 aromatic rings. The minimum absolute atomic E-state index is 0.0992. The molecular weight excluding hydrogens is 178 g/mol. The molecule has 0 amide bonds. The van der Waals surface area contributed by atoms with Crippen LogP contribution in [0.1, 0.15) is 0 Å². The summed E-state index contributed by atoms with van der Waals surface area (Å²) in [4.78, 5) is 2.17. The van der Waals surface area contributed by atoms with E-state index in [1.165, 1.54) is 0 Å². The number of nitrogens with zero attached hydrogens (tertiary/aromatic N) is 1. The lowest BCUT2D eigenvalue weighted by Gasteiger charge is -2.17. The minimum atomic E-state index is -0.0992. The molecule has 0 aliphatic heterocycles. The molecule has 1 atom stereocenters. The van der Waals surface area contributed by atoms with Crippen LogP contribution in [0.3, 0.4) is 0 Å². The van der Waals surface area contributed by atoms with Crippen molar-refractivity contribution in [3.63, 3.8) is 0 Å². The Morgan fingerprint density at radius 1 is 1.75 bits per heavy atom. The Morgan fingerprint density at radius 2 is 2.25 bits per heavy atom. The van der Waals surface area contributed by atoms with Gasteiger partial charge in [0.1, 0.15) is 0 Å². The lowest BCUT2D eigenvalue weighted by Crippen LogP contribution is -2.28. The van der Waals surface area contributed by atoms with Crippen LogP contribution < -0.4 is 0 Å². The van der Waals surface area contributed by atoms with Crippen LogP contribution in [0.5, 0.6) is 0 Å². The summed E-state index contributed by atoms with van der Waals surface area (Å²) < 4.78 is 0.606. The molecule has 0 rings (SSSR count). The molecule has 0 heterocycles. The van der Waals surface area contributed by atoms with Gasteiger partial charge in [-0.3, -0.25) is 0 Å². The molecule has 0 aromatic heterocycles. The summed E-state index contributed by atoms with van der Waals surface area (Å²) in [6.07, 6.45) is 1.99. The molecule has 0 saturated heterocycles. The minimum Gasteiger partial charge on any atom is -0.327 e. The first-order valence-corrected chi connectivity index (χ1v) is 7.29. The van der Waals surface area contributed by atoms with Gasteiger partial charge in [0.25, 0.3) is 0 Å². The number of likely N-dealkylation sites (N-methyl/N-ethyl adjacent to an activating group) is 1. The maximum Gasteiger partial charge on any atom is 0.496 e. The van der Waals surface area contributed by atoms with Gasteiger partial charge >= 0.3 is 18.2 Å². The predicted molar refractivity (Wildman–Crippen MR) is 42.4 cm³/mol. The smallest absolute Gasteiger partial charge is 0.327 e. The van der Waals surface area contributed by atoms with Crippen molar-refractivity contribution in [2.24, 2.45) is 0 Å². The predicted octanol–water partition coefficient (Wildman–Crippen LogP) is 1.07. The van der Waals surface area contributed by atoms with Gasteiger partial charge in [-0.2, -0.15) is 0 Å². The van der Waals surface area contributed by atoms with Gasteiger partial charge in [-0.05, 0) is 14.1 Å². The van der Waals surface area contributed by atoms with Crippen molar-refractivity contribution in [2.45, 2.75) is 4.17 Å². The summed E-state index contributed by atoms with van der Waals surface area (Å²) in [5.74, 6) is 0. The zero-order chi connectivity index (χ0) is 6.57. The van der Waals surface area contributed by atoms with Crippen molar-refractivity contribution in [2.75, 3.05) is 14.1 Å². The van der Waals surface area contributed by atoms with Gasteiger partial charge in [-0.25, -0.2) is 0 Å². The summed E-state index contributed by atoms with van der Waals surface area (Å²) in [6.45, 7) is 3.72. The molecule has 0 aliphatic rings. The Bertz CT molecular complexity index is 74.8. The summed E-state index contributed by atoms with van der Waals surface area (Å²) in [5.41, 5.74) is 0. The Hall–Kier alpha value is 0.946. The second-order valence-corrected chi connectivity index (χ2v) is 5.01. The first-order valence-electron chi connectivity index (χ1n) is 2.57. The van der Waals surface area contributed by atoms with Crippen molar-refractivity contribution >= 4 is 31.1 Å². The molecule has 3 heteroatoms. The number of hydrogen-bond acceptors (Lipinski definition) is 1. The topological polar surface area (TPSA) is 3.24 Å². The lowest BCUT2D eigenvalue weighted by atomic mass is 10.6. The zero-order valence-electron chi connectivity index (χ0n) is 5.39. The highest BCUT2D eigenvalue weighted by atomic mass is 79.9. The highest BCUT2D eigenvalue weighted by molar-refractivity contribution is 9.23. The van der Waals surface area contributed by atoms with Crippen molar-refractivity contribution < 1.29 is 0 Å². The van der Waals surface area contributed by atoms with E-state index >= 15 is 0 Å². The van der Waals surface area contributed by atoms with Crippen LogP contribution in [0.4, 0.5) is 0 Å². The molecule has 0 spiro atoms. The standard InChI is InChI=1S/C5H10N.BrH.Mg/c1-4-5-6(2)3;;/h4-5H,1H2,2-3H3;1H;/q;;+1/p-1. The number of halogens is 1. The lowest BCUT2D eigenvalue weighted by molar-refractivity contribution is 0.420. The summed E-state index contributed by atoms with van der Waals surface area (Å²) >= 11 is 3.40. The van der Waals surface area contributed by atoms with Crippen LogP contribution in [0.15, 0.2) is 12.7 Å². The van der Waals surface area contributed by atoms with Gasteiger partial charge in [0.15, 0.2) is 0 Å². The molecule has 8 heavy (non-hydrogen) atoms. The van der Waals surface area contributed by atoms with Gasteiger partial charge in [0.05, 0.1) is 0 Å². The number of rotatable bonds is 3. The molecule has 0 radical (unpaired) electrons. The van der Waals surface area contributed by atoms with E-state index in [0.717, 1.165) is 0 Å². The molecular formula is C5H10BrMgN. The van der Waals surface area contributed by atoms with Gasteiger partial charge in [-0.1, -0.05) is 10.2 Å². The van der Waals surface area contributed by atoms with Gasteiger partial charge < -0.3 is 17.8 Å². The van der Waals surface area contributed by atoms with Crippen molar-refractivity contribution in [1.82, 2.24) is 4.90 Å². The third kappa shape index (κ3) is 3.07. The van der Waals surface area contributed by atoms with E-state index in [-0.39, 0.29) is 18.2 Å². The van der Waals surface area contributed by atoms with Crippen LogP contribution in [-0.4, -0.2) is 41.4 Å². The first-order chi connectivity index (χ1) is 3.72. The molecule has 1 nitrogen and oxygen atoms in total. The second-order valence-electron chi connectivity index (χ2n) is 1.92. The van der Waals surface area contributed by atoms with E-state index in [1.807, 2.05) is 6.08 Å². The molecule has 0 aromatic carbocycles. The fraction of sp³-hybridized carbons (Fsp3) is 0.600. The zero-order valence-corrected chi connectivity index (χ0v) is 8.39. The van der Waals surface area contributed by atoms with Gasteiger partial charge in [-0.15, -0.1) is 6.58 Å². The van der Waals surface area contributed by atoms with E-state index < -0.39 is 0 Å². The van der Waals surface area contributed by atoms with E-state index in [9.17, 15) is 0 Å². The van der Waals surface area contributed by atoms with E-state index in [1.54, 1.807) is 0 Å². The van der Waals surface area contributed by atoms with Crippen molar-refractivity contribution in [3.05, 3.63) is 12.7 Å². The van der Waals surface area contributed by atoms with Crippen molar-refractivity contribution in [1.29, 1.82) is 0 Å². The molecule has 0 N–H and O–H groups in total. The average Bonchev–Trinajstić information content (AvgIpc) is 1.69. The van der Waals surface area contributed by atoms with Gasteiger partial charge in [0, 0.05) is 0 Å². The normalized spacial score (nSPS) is 13.0. The Morgan fingerprint density at radius 3 is 2.25 bits per heavy atom. The quantitative estimate of drug-likeness (QED) is 0.473. The summed E-state index contributed by atoms with van der Waals surface area (Å²) in [6, 6.07) is 0. The molecule has 0 saturated carbocycles. The van der Waals surface area contributed by atoms with Crippen LogP contribution in [0, 0.1) is 0 Å². The van der Waals surface area contributed by atoms with Crippen LogP contribution >= 0.6 is 12.9 Å². The first kappa shape index (κ1) is 8.95. The average molecular weight is 188 g/mol. The van der Waals surface area contributed by atoms with E-state index in [0.29, 0.717) is 4.17 Å². The maximum absolute atomic E-state index is 3.72. The van der Waals surface area contributed by atoms with Crippen molar-refractivity contribution in [3.8, 4) is 0 Å². The fourth-order valence-electron chi connectivity index (χ4n) is 0.412. The Kier molecular flexibility index (Phi) is 5.36. The molecule has 0 fully saturated rings. The third-order valence-electron chi connectivity index (χ3n) is 1.09. The van der Waals surface area contributed by atoms with Gasteiger partial charge in [0.2, 0.25) is 0 Å². The summed E-state index contributed by atoms with van der Waals surface area (Å²) in [7, 11) is 4.14. The monoisotopic (exact) mass is 187 g/mol. The number of hydrogen-bond donors (Lipinski definition) is 0. The Balaban J connectivity index is 3.51. The van der Waals surface area contributed by atoms with E-state index in [4.69, 9.17) is 0 Å². The fourth-order valence-corrected chi connectivity index (χ4v) is 3.34. The summed E-state index contributed by atoms with van der Waals surface area (Å²) in [5, 5.41) is 0. The largest absolute Gasteiger partial charge is 0.496 e. The third-order valence-corrected chi connectivity index (χ3v) is 4.46. The molecule has 44 valence electrons. The Labute approximate surface area is 66.7 Å². The van der Waals surface area contributed by atoms with Crippen LogP contribution in [0.2, 0.25) is 0 Å².